The summed E-state index contributed by atoms with van der Waals surface area (Å²) in [6.45, 7) is 1.35. The highest BCUT2D eigenvalue weighted by molar-refractivity contribution is 6.23. The Labute approximate surface area is 450 Å². The van der Waals surface area contributed by atoms with Gasteiger partial charge in [0.2, 0.25) is 18.6 Å². The molecule has 0 bridgehead atoms. The number of morpholine rings is 1. The summed E-state index contributed by atoms with van der Waals surface area (Å²) in [5, 5.41) is 9.90. The highest BCUT2D eigenvalue weighted by Crippen LogP contribution is 2.66. The fourth-order valence-corrected chi connectivity index (χ4v) is 11.6. The van der Waals surface area contributed by atoms with E-state index in [-0.39, 0.29) is 69.5 Å². The molecule has 5 aromatic rings. The molecular formula is C59H58N4O15. The summed E-state index contributed by atoms with van der Waals surface area (Å²) in [5.41, 5.74) is 1.14. The van der Waals surface area contributed by atoms with E-state index in [1.165, 1.54) is 13.2 Å². The number of imide groups is 1. The van der Waals surface area contributed by atoms with Crippen molar-refractivity contribution in [1.29, 1.82) is 0 Å². The van der Waals surface area contributed by atoms with Gasteiger partial charge in [-0.2, -0.15) is 0 Å². The lowest BCUT2D eigenvalue weighted by Gasteiger charge is -2.46. The van der Waals surface area contributed by atoms with Crippen LogP contribution in [0.25, 0.3) is 0 Å². The Morgan fingerprint density at radius 3 is 2.15 bits per heavy atom. The first-order chi connectivity index (χ1) is 38.0. The van der Waals surface area contributed by atoms with Crippen LogP contribution in [0, 0.1) is 23.7 Å². The largest absolute Gasteiger partial charge is 0.491 e. The number of benzene rings is 5. The van der Waals surface area contributed by atoms with Crippen molar-refractivity contribution in [3.05, 3.63) is 155 Å². The lowest BCUT2D eigenvalue weighted by Crippen LogP contribution is -2.59. The number of cyclic esters (lactones) is 1. The second-order valence-electron chi connectivity index (χ2n) is 19.3. The molecule has 0 aromatic heterocycles. The number of carbonyl (C=O) groups excluding carboxylic acids is 6. The van der Waals surface area contributed by atoms with Crippen LogP contribution in [0.15, 0.2) is 121 Å². The van der Waals surface area contributed by atoms with Crippen LogP contribution in [-0.2, 0) is 59.6 Å². The second kappa shape index (κ2) is 23.1. The molecule has 6 unspecified atom stereocenters. The average molecular weight is 1060 g/mol. The predicted octanol–water partition coefficient (Wildman–Crippen LogP) is 5.28. The third-order valence-corrected chi connectivity index (χ3v) is 15.0. The smallest absolute Gasteiger partial charge is 0.421 e. The number of aliphatic hydroxyl groups excluding tert-OH is 1. The first-order valence-corrected chi connectivity index (χ1v) is 25.6. The third-order valence-electron chi connectivity index (χ3n) is 15.0. The molecular weight excluding hydrogens is 1000 g/mol. The molecule has 5 aliphatic rings. The highest BCUT2D eigenvalue weighted by atomic mass is 16.7. The van der Waals surface area contributed by atoms with E-state index < -0.39 is 77.3 Å². The fraction of sp³-hybridized carbons (Fsp3) is 0.356. The summed E-state index contributed by atoms with van der Waals surface area (Å²) in [5.74, 6) is 0.779. The summed E-state index contributed by atoms with van der Waals surface area (Å²) in [4.78, 5) is 95.8. The van der Waals surface area contributed by atoms with Gasteiger partial charge in [-0.1, -0.05) is 90.7 Å². The Hall–Kier alpha value is -8.28. The number of ether oxygens (including phenoxy) is 8. The molecule has 6 atom stereocenters. The number of esters is 3. The van der Waals surface area contributed by atoms with Crippen LogP contribution in [0.5, 0.6) is 17.2 Å². The number of methoxy groups -OCH3 is 3. The molecule has 3 saturated heterocycles. The molecule has 5 aliphatic heterocycles. The Balaban J connectivity index is 1.19. The van der Waals surface area contributed by atoms with Gasteiger partial charge in [-0.3, -0.25) is 33.8 Å². The molecule has 19 nitrogen and oxygen atoms in total. The van der Waals surface area contributed by atoms with Crippen LogP contribution in [0.3, 0.4) is 0 Å². The molecule has 0 radical (unpaired) electrons. The van der Waals surface area contributed by atoms with Crippen molar-refractivity contribution in [2.24, 2.45) is 11.8 Å². The van der Waals surface area contributed by atoms with Gasteiger partial charge in [0.1, 0.15) is 36.5 Å². The van der Waals surface area contributed by atoms with Gasteiger partial charge in [-0.05, 0) is 70.3 Å². The van der Waals surface area contributed by atoms with Gasteiger partial charge in [0.15, 0.2) is 17.4 Å². The number of hydrogen-bond donors (Lipinski definition) is 1. The maximum atomic E-state index is 16.7. The van der Waals surface area contributed by atoms with Crippen LogP contribution in [0.1, 0.15) is 58.0 Å². The molecule has 3 amide bonds. The molecule has 0 saturated carbocycles. The van der Waals surface area contributed by atoms with Crippen molar-refractivity contribution in [2.75, 3.05) is 85.6 Å². The molecule has 0 aliphatic carbocycles. The number of carbonyl (C=O) groups is 6. The van der Waals surface area contributed by atoms with E-state index in [0.717, 1.165) is 24.7 Å². The topological polar surface area (TPSA) is 209 Å². The van der Waals surface area contributed by atoms with Gasteiger partial charge >= 0.3 is 24.0 Å². The molecule has 19 heteroatoms. The molecule has 1 spiro atoms. The average Bonchev–Trinajstić information content (AvgIpc) is 3.50. The van der Waals surface area contributed by atoms with Crippen LogP contribution >= 0.6 is 0 Å². The van der Waals surface area contributed by atoms with Gasteiger partial charge < -0.3 is 47.9 Å². The minimum absolute atomic E-state index is 0.00474. The lowest BCUT2D eigenvalue weighted by atomic mass is 9.64. The van der Waals surface area contributed by atoms with Gasteiger partial charge in [-0.15, -0.1) is 0 Å². The van der Waals surface area contributed by atoms with Crippen molar-refractivity contribution in [2.45, 2.75) is 42.6 Å². The fourth-order valence-electron chi connectivity index (χ4n) is 11.6. The summed E-state index contributed by atoms with van der Waals surface area (Å²) in [6, 6.07) is 32.5. The molecule has 78 heavy (non-hydrogen) atoms. The Morgan fingerprint density at radius 2 is 1.45 bits per heavy atom. The molecule has 404 valence electrons. The van der Waals surface area contributed by atoms with Crippen molar-refractivity contribution < 1.29 is 71.8 Å². The van der Waals surface area contributed by atoms with Crippen LogP contribution in [0.2, 0.25) is 0 Å². The maximum Gasteiger partial charge on any atom is 0.421 e. The van der Waals surface area contributed by atoms with E-state index in [0.29, 0.717) is 53.6 Å². The SMILES string of the molecule is COCCOC(=O)N1C(=O)C2(c3cc(C#CCC(C(=O)OC)C(=O)OC)ccc31)C(C(=O)N1CCN(Cc3ccc4c(c3)OCO4)CC1)C1C(=O)OC(c3ccccc3)C(c3ccccc3)N1C2c1cccc(OCCO)c1. The number of piperazine rings is 1. The summed E-state index contributed by atoms with van der Waals surface area (Å²) in [7, 11) is 3.73. The zero-order valence-electron chi connectivity index (χ0n) is 43.2. The molecule has 3 fully saturated rings. The predicted molar refractivity (Wildman–Crippen MR) is 278 cm³/mol. The number of fused-ring (bicyclic) bond motifs is 4. The third kappa shape index (κ3) is 9.88. The minimum Gasteiger partial charge on any atom is -0.491 e. The monoisotopic (exact) mass is 1060 g/mol. The first kappa shape index (κ1) is 53.1. The number of hydrogen-bond acceptors (Lipinski definition) is 17. The summed E-state index contributed by atoms with van der Waals surface area (Å²) >= 11 is 0. The summed E-state index contributed by atoms with van der Waals surface area (Å²) < 4.78 is 44.6. The van der Waals surface area contributed by atoms with E-state index in [1.54, 1.807) is 41.3 Å². The molecule has 1 N–H and O–H groups in total. The number of aliphatic hydroxyl groups is 1. The normalized spacial score (nSPS) is 22.3. The van der Waals surface area contributed by atoms with E-state index >= 15 is 14.4 Å². The van der Waals surface area contributed by atoms with Crippen molar-refractivity contribution in [1.82, 2.24) is 14.7 Å². The van der Waals surface area contributed by atoms with E-state index in [9.17, 15) is 19.5 Å². The second-order valence-corrected chi connectivity index (χ2v) is 19.3. The lowest BCUT2D eigenvalue weighted by molar-refractivity contribution is -0.179. The Morgan fingerprint density at radius 1 is 0.744 bits per heavy atom. The van der Waals surface area contributed by atoms with Gasteiger partial charge in [0, 0.05) is 51.8 Å². The first-order valence-electron chi connectivity index (χ1n) is 25.6. The van der Waals surface area contributed by atoms with Crippen molar-refractivity contribution in [3.63, 3.8) is 0 Å². The van der Waals surface area contributed by atoms with Crippen LogP contribution in [0.4, 0.5) is 10.5 Å². The minimum atomic E-state index is -2.16. The molecule has 5 heterocycles. The van der Waals surface area contributed by atoms with Crippen LogP contribution < -0.4 is 19.1 Å². The maximum absolute atomic E-state index is 16.7. The van der Waals surface area contributed by atoms with Gasteiger partial charge in [-0.25, -0.2) is 9.69 Å². The quantitative estimate of drug-likeness (QED) is 0.0465. The zero-order valence-corrected chi connectivity index (χ0v) is 43.2. The summed E-state index contributed by atoms with van der Waals surface area (Å²) in [6.07, 6.45) is -2.34. The van der Waals surface area contributed by atoms with Gasteiger partial charge in [0.25, 0.3) is 0 Å². The van der Waals surface area contributed by atoms with E-state index in [2.05, 4.69) is 16.7 Å². The van der Waals surface area contributed by atoms with E-state index in [4.69, 9.17) is 37.9 Å². The number of rotatable bonds is 15. The Bertz CT molecular complexity index is 3120. The van der Waals surface area contributed by atoms with Crippen LogP contribution in [-0.4, -0.2) is 142 Å². The van der Waals surface area contributed by atoms with Gasteiger partial charge in [0.05, 0.1) is 51.1 Å². The van der Waals surface area contributed by atoms with Crippen molar-refractivity contribution >= 4 is 41.5 Å². The zero-order chi connectivity index (χ0) is 54.5. The Kier molecular flexibility index (Phi) is 15.8. The number of anilines is 1. The van der Waals surface area contributed by atoms with E-state index in [1.807, 2.05) is 83.8 Å². The highest BCUT2D eigenvalue weighted by Gasteiger charge is 2.76. The standard InChI is InChI=1S/C59H58N4O15/c1-71-30-31-75-58(70)62-45-22-20-37(12-10-19-43(54(66)72-2)55(67)73-3)32-44(45)59(57(62)69)48(53(65)61-26-24-60(25-27-61)35-38-21-23-46-47(33-38)77-36-76-46)50-56(68)78-51(40-15-8-5-9-16-40)49(39-13-6-4-7-14-39)63(50)52(59)41-17-11-18-42(34-41)74-29-28-64/h4-9,11,13-18,20-23,32-34,43,48-52,64H,19,24-31,35-36H2,1-3H3. The number of nitrogens with zero attached hydrogens (tertiary/aromatic N) is 4. The number of amides is 3. The molecule has 5 aromatic carbocycles. The van der Waals surface area contributed by atoms with Crippen molar-refractivity contribution in [3.8, 4) is 29.1 Å². The molecule has 10 rings (SSSR count).